The molecule has 0 aliphatic rings. The summed E-state index contributed by atoms with van der Waals surface area (Å²) in [5, 5.41) is 3.21. The van der Waals surface area contributed by atoms with Crippen molar-refractivity contribution in [1.29, 1.82) is 0 Å². The van der Waals surface area contributed by atoms with Crippen molar-refractivity contribution in [3.05, 3.63) is 64.7 Å². The number of hydrogen-bond acceptors (Lipinski definition) is 5. The van der Waals surface area contributed by atoms with E-state index in [0.717, 1.165) is 5.56 Å². The van der Waals surface area contributed by atoms with Crippen LogP contribution in [0.5, 0.6) is 5.75 Å². The molecule has 154 valence electrons. The van der Waals surface area contributed by atoms with E-state index in [1.54, 1.807) is 43.3 Å². The van der Waals surface area contributed by atoms with Crippen LogP contribution in [0.25, 0.3) is 0 Å². The average molecular weight is 418 g/mol. The molecular formula is C22H24ClNO5. The first-order chi connectivity index (χ1) is 13.9. The zero-order valence-electron chi connectivity index (χ0n) is 16.4. The highest BCUT2D eigenvalue weighted by molar-refractivity contribution is 6.31. The number of amides is 1. The molecule has 0 heterocycles. The van der Waals surface area contributed by atoms with Gasteiger partial charge in [-0.25, -0.2) is 0 Å². The molecule has 2 rings (SSSR count). The minimum Gasteiger partial charge on any atom is -0.484 e. The lowest BCUT2D eigenvalue weighted by molar-refractivity contribution is -0.141. The minimum absolute atomic E-state index is 0.0448. The summed E-state index contributed by atoms with van der Waals surface area (Å²) in [5.74, 6) is -0.173. The van der Waals surface area contributed by atoms with E-state index in [9.17, 15) is 14.4 Å². The molecule has 1 atom stereocenters. The number of carbonyl (C=O) groups is 3. The fourth-order valence-electron chi connectivity index (χ4n) is 2.70. The highest BCUT2D eigenvalue weighted by Gasteiger charge is 2.21. The molecule has 1 N–H and O–H groups in total. The Hall–Kier alpha value is -2.86. The number of Topliss-reactive ketones (excluding diaryl/α,β-unsaturated/α-hetero) is 1. The van der Waals surface area contributed by atoms with E-state index in [-0.39, 0.29) is 24.7 Å². The Bertz CT molecular complexity index is 851. The molecule has 1 amide bonds. The van der Waals surface area contributed by atoms with E-state index in [4.69, 9.17) is 21.1 Å². The van der Waals surface area contributed by atoms with E-state index in [2.05, 4.69) is 5.32 Å². The van der Waals surface area contributed by atoms with E-state index in [0.29, 0.717) is 29.2 Å². The maximum atomic E-state index is 12.4. The molecule has 0 aliphatic heterocycles. The van der Waals surface area contributed by atoms with Gasteiger partial charge in [-0.1, -0.05) is 41.9 Å². The first kappa shape index (κ1) is 22.4. The van der Waals surface area contributed by atoms with E-state index >= 15 is 0 Å². The quantitative estimate of drug-likeness (QED) is 0.596. The van der Waals surface area contributed by atoms with Crippen LogP contribution in [0.4, 0.5) is 0 Å². The van der Waals surface area contributed by atoms with Crippen LogP contribution in [-0.2, 0) is 25.5 Å². The van der Waals surface area contributed by atoms with Gasteiger partial charge in [0, 0.05) is 11.4 Å². The van der Waals surface area contributed by atoms with Gasteiger partial charge in [0.15, 0.2) is 6.61 Å². The van der Waals surface area contributed by atoms with E-state index in [1.807, 2.05) is 12.1 Å². The number of nitrogens with one attached hydrogen (secondary N) is 1. The number of aryl methyl sites for hydroxylation is 1. The third kappa shape index (κ3) is 7.58. The fraction of sp³-hybridized carbons (Fsp3) is 0.318. The smallest absolute Gasteiger partial charge is 0.307 e. The number of carbonyl (C=O) groups excluding carboxylic acids is 3. The predicted octanol–water partition coefficient (Wildman–Crippen LogP) is 3.66. The molecule has 0 aliphatic carbocycles. The van der Waals surface area contributed by atoms with Gasteiger partial charge < -0.3 is 19.6 Å². The third-order valence-corrected chi connectivity index (χ3v) is 4.62. The Morgan fingerprint density at radius 3 is 2.38 bits per heavy atom. The average Bonchev–Trinajstić information content (AvgIpc) is 2.71. The molecule has 6 nitrogen and oxygen atoms in total. The van der Waals surface area contributed by atoms with Crippen molar-refractivity contribution in [2.75, 3.05) is 13.7 Å². The number of rotatable bonds is 10. The molecule has 7 heteroatoms. The van der Waals surface area contributed by atoms with Gasteiger partial charge in [-0.3, -0.25) is 9.59 Å². The summed E-state index contributed by atoms with van der Waals surface area (Å²) in [6, 6.07) is 13.6. The number of ketones is 1. The Kier molecular flexibility index (Phi) is 8.68. The number of methoxy groups -OCH3 is 1. The molecule has 0 saturated carbocycles. The van der Waals surface area contributed by atoms with Crippen molar-refractivity contribution < 1.29 is 23.9 Å². The summed E-state index contributed by atoms with van der Waals surface area (Å²) in [5.41, 5.74) is 1.65. The summed E-state index contributed by atoms with van der Waals surface area (Å²) in [6.07, 6.45) is 1.12. The molecule has 0 aromatic heterocycles. The van der Waals surface area contributed by atoms with Crippen molar-refractivity contribution in [2.24, 2.45) is 0 Å². The zero-order valence-corrected chi connectivity index (χ0v) is 17.2. The molecule has 0 spiro atoms. The maximum Gasteiger partial charge on any atom is 0.307 e. The third-order valence-electron chi connectivity index (χ3n) is 4.27. The molecule has 0 fully saturated rings. The van der Waals surface area contributed by atoms with Crippen molar-refractivity contribution in [3.8, 4) is 5.75 Å². The summed E-state index contributed by atoms with van der Waals surface area (Å²) < 4.78 is 10.2. The molecular weight excluding hydrogens is 394 g/mol. The van der Waals surface area contributed by atoms with E-state index in [1.165, 1.54) is 7.11 Å². The van der Waals surface area contributed by atoms with Crippen LogP contribution in [0.3, 0.4) is 0 Å². The van der Waals surface area contributed by atoms with Crippen LogP contribution in [0.15, 0.2) is 48.5 Å². The van der Waals surface area contributed by atoms with Gasteiger partial charge in [0.25, 0.3) is 5.91 Å². The van der Waals surface area contributed by atoms with Gasteiger partial charge >= 0.3 is 5.97 Å². The molecule has 2 aromatic carbocycles. The molecule has 29 heavy (non-hydrogen) atoms. The number of halogens is 1. The SMILES string of the molecule is COC(=O)CC(NC(=O)COc1ccc(CCC(C)=O)cc1)c1ccccc1Cl. The van der Waals surface area contributed by atoms with Crippen molar-refractivity contribution in [3.63, 3.8) is 0 Å². The van der Waals surface area contributed by atoms with Gasteiger partial charge in [0.05, 0.1) is 19.6 Å². The van der Waals surface area contributed by atoms with Crippen LogP contribution in [0.1, 0.15) is 36.9 Å². The predicted molar refractivity (Wildman–Crippen MR) is 110 cm³/mol. The normalized spacial score (nSPS) is 11.4. The van der Waals surface area contributed by atoms with Gasteiger partial charge in [0.2, 0.25) is 0 Å². The minimum atomic E-state index is -0.624. The number of esters is 1. The van der Waals surface area contributed by atoms with Gasteiger partial charge in [-0.2, -0.15) is 0 Å². The molecule has 1 unspecified atom stereocenters. The van der Waals surface area contributed by atoms with Gasteiger partial charge in [-0.05, 0) is 42.7 Å². The van der Waals surface area contributed by atoms with Crippen LogP contribution < -0.4 is 10.1 Å². The highest BCUT2D eigenvalue weighted by Crippen LogP contribution is 2.25. The number of ether oxygens (including phenoxy) is 2. The highest BCUT2D eigenvalue weighted by atomic mass is 35.5. The van der Waals surface area contributed by atoms with E-state index < -0.39 is 12.0 Å². The Morgan fingerprint density at radius 2 is 1.76 bits per heavy atom. The standard InChI is InChI=1S/C22H24ClNO5/c1-15(25)7-8-16-9-11-17(12-10-16)29-14-21(26)24-20(13-22(27)28-2)18-5-3-4-6-19(18)23/h3-6,9-12,20H,7-8,13-14H2,1-2H3,(H,24,26). The van der Waals surface area contributed by atoms with Crippen molar-refractivity contribution in [2.45, 2.75) is 32.2 Å². The van der Waals surface area contributed by atoms with Crippen LogP contribution in [0, 0.1) is 0 Å². The number of hydrogen-bond donors (Lipinski definition) is 1. The zero-order chi connectivity index (χ0) is 21.2. The second kappa shape index (κ2) is 11.2. The lowest BCUT2D eigenvalue weighted by Gasteiger charge is -2.19. The van der Waals surface area contributed by atoms with Crippen molar-refractivity contribution >= 4 is 29.3 Å². The monoisotopic (exact) mass is 417 g/mol. The lowest BCUT2D eigenvalue weighted by atomic mass is 10.0. The Balaban J connectivity index is 1.95. The molecule has 0 bridgehead atoms. The van der Waals surface area contributed by atoms with Crippen molar-refractivity contribution in [1.82, 2.24) is 5.32 Å². The van der Waals surface area contributed by atoms with Gasteiger partial charge in [0.1, 0.15) is 11.5 Å². The summed E-state index contributed by atoms with van der Waals surface area (Å²) >= 11 is 6.21. The van der Waals surface area contributed by atoms with Gasteiger partial charge in [-0.15, -0.1) is 0 Å². The fourth-order valence-corrected chi connectivity index (χ4v) is 2.97. The first-order valence-electron chi connectivity index (χ1n) is 9.21. The van der Waals surface area contributed by atoms with Crippen LogP contribution >= 0.6 is 11.6 Å². The second-order valence-corrected chi connectivity index (χ2v) is 6.96. The molecule has 0 radical (unpaired) electrons. The summed E-state index contributed by atoms with van der Waals surface area (Å²) in [6.45, 7) is 1.35. The lowest BCUT2D eigenvalue weighted by Crippen LogP contribution is -2.34. The van der Waals surface area contributed by atoms with Crippen LogP contribution in [0.2, 0.25) is 5.02 Å². The largest absolute Gasteiger partial charge is 0.484 e. The topological polar surface area (TPSA) is 81.7 Å². The first-order valence-corrected chi connectivity index (χ1v) is 9.58. The second-order valence-electron chi connectivity index (χ2n) is 6.56. The Labute approximate surface area is 175 Å². The maximum absolute atomic E-state index is 12.4. The van der Waals surface area contributed by atoms with Crippen LogP contribution in [-0.4, -0.2) is 31.4 Å². The summed E-state index contributed by atoms with van der Waals surface area (Å²) in [7, 11) is 1.29. The molecule has 2 aromatic rings. The Morgan fingerprint density at radius 1 is 1.07 bits per heavy atom. The molecule has 0 saturated heterocycles. The number of benzene rings is 2. The summed E-state index contributed by atoms with van der Waals surface area (Å²) in [4.78, 5) is 35.1.